The summed E-state index contributed by atoms with van der Waals surface area (Å²) in [5, 5.41) is 13.2. The Labute approximate surface area is 182 Å². The number of rotatable bonds is 9. The number of hydrogen-bond acceptors (Lipinski definition) is 4. The largest absolute Gasteiger partial charge is 0.508 e. The zero-order chi connectivity index (χ0) is 22.4. The number of aromatic hydroxyl groups is 1. The maximum atomic E-state index is 12.6. The summed E-state index contributed by atoms with van der Waals surface area (Å²) < 4.78 is 5.95. The number of carbonyl (C=O) groups excluding carboxylic acids is 1. The Bertz CT molecular complexity index is 1130. The van der Waals surface area contributed by atoms with Crippen LogP contribution >= 0.6 is 0 Å². The van der Waals surface area contributed by atoms with E-state index in [0.29, 0.717) is 30.8 Å². The van der Waals surface area contributed by atoms with Crippen molar-refractivity contribution < 1.29 is 14.6 Å². The molecule has 0 spiro atoms. The van der Waals surface area contributed by atoms with Crippen LogP contribution in [0.3, 0.4) is 0 Å². The van der Waals surface area contributed by atoms with E-state index in [1.165, 1.54) is 0 Å². The van der Waals surface area contributed by atoms with Gasteiger partial charge in [-0.2, -0.15) is 0 Å². The lowest BCUT2D eigenvalue weighted by molar-refractivity contribution is 0.0952. The van der Waals surface area contributed by atoms with E-state index in [1.54, 1.807) is 12.1 Å². The topological polar surface area (TPSA) is 91.4 Å². The first kappa shape index (κ1) is 22.4. The number of aromatic amines is 1. The summed E-state index contributed by atoms with van der Waals surface area (Å²) in [5.74, 6) is 0.504. The van der Waals surface area contributed by atoms with Crippen molar-refractivity contribution in [1.82, 2.24) is 10.3 Å². The third-order valence-corrected chi connectivity index (χ3v) is 5.37. The second-order valence-corrected chi connectivity index (χ2v) is 7.87. The number of phenols is 1. The molecule has 0 aliphatic heterocycles. The number of pyridine rings is 1. The highest BCUT2D eigenvalue weighted by atomic mass is 16.5. The number of amides is 1. The van der Waals surface area contributed by atoms with Crippen LogP contribution in [0, 0.1) is 13.8 Å². The molecule has 164 valence electrons. The van der Waals surface area contributed by atoms with Crippen LogP contribution in [0.4, 0.5) is 0 Å². The minimum Gasteiger partial charge on any atom is -0.508 e. The molecule has 0 unspecified atom stereocenters. The standard InChI is InChI=1S/C25H30N2O4/c1-4-5-6-13-31-23-16(2)7-9-19-15-20(25(30)27-22(19)23)24(29)26-12-11-18-8-10-21(28)17(3)14-18/h7-10,14-15,28H,4-6,11-13H2,1-3H3,(H,26,29)(H,27,30). The van der Waals surface area contributed by atoms with Crippen LogP contribution in [0.1, 0.15) is 53.2 Å². The van der Waals surface area contributed by atoms with E-state index in [9.17, 15) is 14.7 Å². The maximum Gasteiger partial charge on any atom is 0.261 e. The normalized spacial score (nSPS) is 10.9. The Balaban J connectivity index is 1.73. The lowest BCUT2D eigenvalue weighted by atomic mass is 10.1. The molecule has 3 rings (SSSR count). The lowest BCUT2D eigenvalue weighted by Crippen LogP contribution is -2.31. The van der Waals surface area contributed by atoms with Crippen LogP contribution < -0.4 is 15.6 Å². The van der Waals surface area contributed by atoms with Crippen molar-refractivity contribution in [3.05, 3.63) is 69.0 Å². The lowest BCUT2D eigenvalue weighted by Gasteiger charge is -2.13. The highest BCUT2D eigenvalue weighted by molar-refractivity contribution is 5.98. The molecule has 1 aromatic heterocycles. The number of aryl methyl sites for hydroxylation is 2. The molecule has 0 atom stereocenters. The molecular formula is C25H30N2O4. The Morgan fingerprint density at radius 2 is 1.90 bits per heavy atom. The predicted octanol–water partition coefficient (Wildman–Crippen LogP) is 4.39. The molecular weight excluding hydrogens is 392 g/mol. The smallest absolute Gasteiger partial charge is 0.261 e. The summed E-state index contributed by atoms with van der Waals surface area (Å²) in [5.41, 5.74) is 3.00. The summed E-state index contributed by atoms with van der Waals surface area (Å²) in [4.78, 5) is 28.1. The van der Waals surface area contributed by atoms with Gasteiger partial charge in [-0.05, 0) is 55.5 Å². The second kappa shape index (κ2) is 10.2. The van der Waals surface area contributed by atoms with Crippen LogP contribution in [-0.4, -0.2) is 29.1 Å². The molecule has 3 N–H and O–H groups in total. The van der Waals surface area contributed by atoms with E-state index in [1.807, 2.05) is 38.1 Å². The maximum absolute atomic E-state index is 12.6. The fourth-order valence-electron chi connectivity index (χ4n) is 3.52. The van der Waals surface area contributed by atoms with Crippen LogP contribution in [0.25, 0.3) is 10.9 Å². The molecule has 0 radical (unpaired) electrons. The van der Waals surface area contributed by atoms with Crippen molar-refractivity contribution in [3.63, 3.8) is 0 Å². The van der Waals surface area contributed by atoms with Gasteiger partial charge in [0.15, 0.2) is 0 Å². The van der Waals surface area contributed by atoms with Crippen molar-refractivity contribution in [2.24, 2.45) is 0 Å². The van der Waals surface area contributed by atoms with Crippen molar-refractivity contribution in [3.8, 4) is 11.5 Å². The quantitative estimate of drug-likeness (QED) is 0.446. The van der Waals surface area contributed by atoms with Crippen molar-refractivity contribution in [2.45, 2.75) is 46.5 Å². The highest BCUT2D eigenvalue weighted by Gasteiger charge is 2.15. The van der Waals surface area contributed by atoms with Crippen molar-refractivity contribution >= 4 is 16.8 Å². The van der Waals surface area contributed by atoms with Crippen LogP contribution in [0.15, 0.2) is 41.2 Å². The van der Waals surface area contributed by atoms with Crippen molar-refractivity contribution in [2.75, 3.05) is 13.2 Å². The third-order valence-electron chi connectivity index (χ3n) is 5.37. The van der Waals surface area contributed by atoms with Gasteiger partial charge in [0.2, 0.25) is 0 Å². The van der Waals surface area contributed by atoms with Crippen LogP contribution in [-0.2, 0) is 6.42 Å². The molecule has 0 aliphatic rings. The van der Waals surface area contributed by atoms with Gasteiger partial charge in [0.05, 0.1) is 12.1 Å². The molecule has 1 amide bonds. The van der Waals surface area contributed by atoms with Gasteiger partial charge in [0.25, 0.3) is 11.5 Å². The van der Waals surface area contributed by atoms with E-state index in [4.69, 9.17) is 4.74 Å². The number of hydrogen-bond donors (Lipinski definition) is 3. The number of aromatic nitrogens is 1. The average molecular weight is 423 g/mol. The zero-order valence-corrected chi connectivity index (χ0v) is 18.4. The number of fused-ring (bicyclic) bond motifs is 1. The first-order valence-electron chi connectivity index (χ1n) is 10.8. The van der Waals surface area contributed by atoms with Gasteiger partial charge in [0, 0.05) is 11.9 Å². The minimum absolute atomic E-state index is 0.0789. The average Bonchev–Trinajstić information content (AvgIpc) is 2.74. The Morgan fingerprint density at radius 1 is 1.10 bits per heavy atom. The number of phenolic OH excluding ortho intramolecular Hbond substituents is 1. The minimum atomic E-state index is -0.436. The summed E-state index contributed by atoms with van der Waals surface area (Å²) in [6.07, 6.45) is 3.76. The number of nitrogens with one attached hydrogen (secondary N) is 2. The summed E-state index contributed by atoms with van der Waals surface area (Å²) >= 11 is 0. The molecule has 0 saturated heterocycles. The molecule has 0 fully saturated rings. The molecule has 0 saturated carbocycles. The van der Waals surface area contributed by atoms with E-state index >= 15 is 0 Å². The van der Waals surface area contributed by atoms with Gasteiger partial charge in [-0.25, -0.2) is 0 Å². The first-order chi connectivity index (χ1) is 14.9. The molecule has 6 nitrogen and oxygen atoms in total. The van der Waals surface area contributed by atoms with Crippen molar-refractivity contribution in [1.29, 1.82) is 0 Å². The summed E-state index contributed by atoms with van der Waals surface area (Å²) in [6, 6.07) is 10.8. The summed E-state index contributed by atoms with van der Waals surface area (Å²) in [7, 11) is 0. The number of H-pyrrole nitrogens is 1. The van der Waals surface area contributed by atoms with Gasteiger partial charge >= 0.3 is 0 Å². The molecule has 0 aliphatic carbocycles. The van der Waals surface area contributed by atoms with Gasteiger partial charge in [0.1, 0.15) is 17.1 Å². The zero-order valence-electron chi connectivity index (χ0n) is 18.4. The molecule has 0 bridgehead atoms. The van der Waals surface area contributed by atoms with Crippen LogP contribution in [0.5, 0.6) is 11.5 Å². The number of carbonyl (C=O) groups is 1. The van der Waals surface area contributed by atoms with Gasteiger partial charge in [-0.3, -0.25) is 9.59 Å². The fourth-order valence-corrected chi connectivity index (χ4v) is 3.52. The van der Waals surface area contributed by atoms with E-state index in [2.05, 4.69) is 17.2 Å². The molecule has 1 heterocycles. The first-order valence-corrected chi connectivity index (χ1v) is 10.8. The third kappa shape index (κ3) is 5.45. The molecule has 6 heteroatoms. The second-order valence-electron chi connectivity index (χ2n) is 7.87. The van der Waals surface area contributed by atoms with E-state index in [0.717, 1.165) is 41.3 Å². The Kier molecular flexibility index (Phi) is 7.34. The highest BCUT2D eigenvalue weighted by Crippen LogP contribution is 2.27. The monoisotopic (exact) mass is 422 g/mol. The van der Waals surface area contributed by atoms with E-state index < -0.39 is 11.5 Å². The Hall–Kier alpha value is -3.28. The number of ether oxygens (including phenoxy) is 1. The SMILES string of the molecule is CCCCCOc1c(C)ccc2cc(C(=O)NCCc3ccc(O)c(C)c3)c(=O)[nH]c12. The molecule has 3 aromatic rings. The molecule has 2 aromatic carbocycles. The molecule has 31 heavy (non-hydrogen) atoms. The van der Waals surface area contributed by atoms with E-state index in [-0.39, 0.29) is 11.3 Å². The van der Waals surface area contributed by atoms with Gasteiger partial charge in [-0.15, -0.1) is 0 Å². The summed E-state index contributed by atoms with van der Waals surface area (Å²) in [6.45, 7) is 6.89. The van der Waals surface area contributed by atoms with Gasteiger partial charge < -0.3 is 20.1 Å². The van der Waals surface area contributed by atoms with Gasteiger partial charge in [-0.1, -0.05) is 44.0 Å². The predicted molar refractivity (Wildman–Crippen MR) is 123 cm³/mol. The number of benzene rings is 2. The number of unbranched alkanes of at least 4 members (excludes halogenated alkanes) is 2. The Morgan fingerprint density at radius 3 is 2.65 bits per heavy atom. The fraction of sp³-hybridized carbons (Fsp3) is 0.360. The van der Waals surface area contributed by atoms with Crippen LogP contribution in [0.2, 0.25) is 0 Å².